The molecule has 0 radical (unpaired) electrons. The second kappa shape index (κ2) is 8.40. The van der Waals surface area contributed by atoms with Crippen LogP contribution in [-0.4, -0.2) is 30.4 Å². The van der Waals surface area contributed by atoms with Gasteiger partial charge in [0.05, 0.1) is 0 Å². The van der Waals surface area contributed by atoms with Gasteiger partial charge >= 0.3 is 0 Å². The molecule has 3 nitrogen and oxygen atoms in total. The molecule has 1 aliphatic rings. The Labute approximate surface area is 128 Å². The monoisotopic (exact) mass is 291 g/mol. The van der Waals surface area contributed by atoms with Gasteiger partial charge in [0, 0.05) is 12.6 Å². The van der Waals surface area contributed by atoms with Gasteiger partial charge in [-0.2, -0.15) is 0 Å². The molecule has 0 aliphatic heterocycles. The van der Waals surface area contributed by atoms with Gasteiger partial charge < -0.3 is 15.2 Å². The van der Waals surface area contributed by atoms with Gasteiger partial charge in [0.2, 0.25) is 0 Å². The zero-order valence-electron chi connectivity index (χ0n) is 13.4. The highest BCUT2D eigenvalue weighted by molar-refractivity contribution is 5.35. The number of hydrogen-bond donors (Lipinski definition) is 2. The van der Waals surface area contributed by atoms with Gasteiger partial charge in [0.15, 0.2) is 0 Å². The molecule has 1 saturated carbocycles. The quantitative estimate of drug-likeness (QED) is 0.790. The Balaban J connectivity index is 1.70. The summed E-state index contributed by atoms with van der Waals surface area (Å²) in [4.78, 5) is 0. The van der Waals surface area contributed by atoms with Crippen LogP contribution in [0.4, 0.5) is 0 Å². The lowest BCUT2D eigenvalue weighted by molar-refractivity contribution is 0.102. The van der Waals surface area contributed by atoms with E-state index >= 15 is 0 Å². The molecule has 0 saturated heterocycles. The summed E-state index contributed by atoms with van der Waals surface area (Å²) in [5.74, 6) is 0.870. The summed E-state index contributed by atoms with van der Waals surface area (Å²) in [5, 5.41) is 13.6. The van der Waals surface area contributed by atoms with Gasteiger partial charge in [0.25, 0.3) is 0 Å². The molecule has 1 aromatic carbocycles. The summed E-state index contributed by atoms with van der Waals surface area (Å²) in [5.41, 5.74) is 2.36. The molecule has 118 valence electrons. The van der Waals surface area contributed by atoms with E-state index in [1.54, 1.807) is 0 Å². The van der Waals surface area contributed by atoms with E-state index in [0.717, 1.165) is 11.3 Å². The lowest BCUT2D eigenvalue weighted by atomic mass is 10.1. The molecule has 2 N–H and O–H groups in total. The summed E-state index contributed by atoms with van der Waals surface area (Å²) in [6, 6.07) is 6.70. The Kier molecular flexibility index (Phi) is 6.52. The summed E-state index contributed by atoms with van der Waals surface area (Å²) >= 11 is 0. The number of nitrogens with one attached hydrogen (secondary N) is 1. The molecular weight excluding hydrogens is 262 g/mol. The lowest BCUT2D eigenvalue weighted by Crippen LogP contribution is -2.37. The number of aliphatic hydroxyl groups excluding tert-OH is 1. The Morgan fingerprint density at radius 2 is 1.90 bits per heavy atom. The van der Waals surface area contributed by atoms with Crippen LogP contribution in [0.1, 0.15) is 49.7 Å². The van der Waals surface area contributed by atoms with Crippen molar-refractivity contribution in [1.29, 1.82) is 0 Å². The van der Waals surface area contributed by atoms with Crippen LogP contribution in [0.15, 0.2) is 18.2 Å². The fourth-order valence-corrected chi connectivity index (χ4v) is 2.99. The Morgan fingerprint density at radius 3 is 2.57 bits per heavy atom. The van der Waals surface area contributed by atoms with Crippen molar-refractivity contribution in [3.63, 3.8) is 0 Å². The van der Waals surface area contributed by atoms with Crippen LogP contribution < -0.4 is 10.1 Å². The standard InChI is InChI=1S/C18H29NO2/c1-14-9-10-18(15(2)11-14)21-13-17(20)12-19-16-7-5-3-4-6-8-16/h9-11,16-17,19-20H,3-8,12-13H2,1-2H3. The first kappa shape index (κ1) is 16.3. The van der Waals surface area contributed by atoms with Crippen molar-refractivity contribution in [3.8, 4) is 5.75 Å². The van der Waals surface area contributed by atoms with Crippen LogP contribution in [0.25, 0.3) is 0 Å². The lowest BCUT2D eigenvalue weighted by Gasteiger charge is -2.19. The van der Waals surface area contributed by atoms with E-state index in [1.165, 1.54) is 44.1 Å². The average molecular weight is 291 g/mol. The highest BCUT2D eigenvalue weighted by Gasteiger charge is 2.14. The first-order chi connectivity index (χ1) is 10.1. The van der Waals surface area contributed by atoms with E-state index in [-0.39, 0.29) is 0 Å². The molecule has 0 aromatic heterocycles. The molecule has 0 amide bonds. The largest absolute Gasteiger partial charge is 0.491 e. The highest BCUT2D eigenvalue weighted by atomic mass is 16.5. The maximum absolute atomic E-state index is 10.1. The van der Waals surface area contributed by atoms with Gasteiger partial charge in [-0.15, -0.1) is 0 Å². The molecule has 0 bridgehead atoms. The SMILES string of the molecule is Cc1ccc(OCC(O)CNC2CCCCCC2)c(C)c1. The fraction of sp³-hybridized carbons (Fsp3) is 0.667. The Hall–Kier alpha value is -1.06. The van der Waals surface area contributed by atoms with Crippen LogP contribution in [-0.2, 0) is 0 Å². The second-order valence-electron chi connectivity index (χ2n) is 6.33. The Bertz CT molecular complexity index is 425. The molecule has 1 fully saturated rings. The number of aliphatic hydroxyl groups is 1. The maximum atomic E-state index is 10.1. The molecule has 1 aromatic rings. The number of aryl methyl sites for hydroxylation is 2. The number of ether oxygens (including phenoxy) is 1. The highest BCUT2D eigenvalue weighted by Crippen LogP contribution is 2.19. The van der Waals surface area contributed by atoms with E-state index in [9.17, 15) is 5.11 Å². The molecule has 0 spiro atoms. The van der Waals surface area contributed by atoms with E-state index < -0.39 is 6.10 Å². The predicted molar refractivity (Wildman–Crippen MR) is 86.9 cm³/mol. The molecule has 3 heteroatoms. The topological polar surface area (TPSA) is 41.5 Å². The molecule has 1 atom stereocenters. The fourth-order valence-electron chi connectivity index (χ4n) is 2.99. The normalized spacial score (nSPS) is 18.2. The minimum atomic E-state index is -0.450. The van der Waals surface area contributed by atoms with Crippen LogP contribution in [0.3, 0.4) is 0 Å². The zero-order valence-corrected chi connectivity index (χ0v) is 13.4. The molecule has 1 aliphatic carbocycles. The van der Waals surface area contributed by atoms with Gasteiger partial charge in [-0.25, -0.2) is 0 Å². The van der Waals surface area contributed by atoms with Crippen molar-refractivity contribution in [3.05, 3.63) is 29.3 Å². The third-order valence-corrected chi connectivity index (χ3v) is 4.26. The smallest absolute Gasteiger partial charge is 0.122 e. The zero-order chi connectivity index (χ0) is 15.1. The van der Waals surface area contributed by atoms with Crippen molar-refractivity contribution >= 4 is 0 Å². The minimum Gasteiger partial charge on any atom is -0.491 e. The second-order valence-corrected chi connectivity index (χ2v) is 6.33. The van der Waals surface area contributed by atoms with Gasteiger partial charge in [-0.3, -0.25) is 0 Å². The van der Waals surface area contributed by atoms with Gasteiger partial charge in [-0.1, -0.05) is 43.4 Å². The van der Waals surface area contributed by atoms with Crippen LogP contribution >= 0.6 is 0 Å². The van der Waals surface area contributed by atoms with Crippen molar-refractivity contribution in [2.75, 3.05) is 13.2 Å². The summed E-state index contributed by atoms with van der Waals surface area (Å²) in [6.45, 7) is 5.08. The third kappa shape index (κ3) is 5.68. The average Bonchev–Trinajstić information content (AvgIpc) is 2.73. The third-order valence-electron chi connectivity index (χ3n) is 4.26. The van der Waals surface area contributed by atoms with Crippen LogP contribution in [0, 0.1) is 13.8 Å². The summed E-state index contributed by atoms with van der Waals surface area (Å²) < 4.78 is 5.73. The van der Waals surface area contributed by atoms with Crippen molar-refractivity contribution in [1.82, 2.24) is 5.32 Å². The molecular formula is C18H29NO2. The first-order valence-electron chi connectivity index (χ1n) is 8.26. The number of rotatable bonds is 6. The van der Waals surface area contributed by atoms with E-state index in [2.05, 4.69) is 18.3 Å². The summed E-state index contributed by atoms with van der Waals surface area (Å²) in [6.07, 6.45) is 7.37. The van der Waals surface area contributed by atoms with Crippen molar-refractivity contribution in [2.24, 2.45) is 0 Å². The van der Waals surface area contributed by atoms with E-state index in [1.807, 2.05) is 19.1 Å². The molecule has 21 heavy (non-hydrogen) atoms. The maximum Gasteiger partial charge on any atom is 0.122 e. The van der Waals surface area contributed by atoms with E-state index in [0.29, 0.717) is 19.2 Å². The molecule has 0 heterocycles. The van der Waals surface area contributed by atoms with E-state index in [4.69, 9.17) is 4.74 Å². The summed E-state index contributed by atoms with van der Waals surface area (Å²) in [7, 11) is 0. The van der Waals surface area contributed by atoms with Crippen LogP contribution in [0.5, 0.6) is 5.75 Å². The van der Waals surface area contributed by atoms with Crippen molar-refractivity contribution < 1.29 is 9.84 Å². The van der Waals surface area contributed by atoms with Gasteiger partial charge in [-0.05, 0) is 38.3 Å². The minimum absolute atomic E-state index is 0.351. The van der Waals surface area contributed by atoms with Crippen LogP contribution in [0.2, 0.25) is 0 Å². The number of benzene rings is 1. The predicted octanol–water partition coefficient (Wildman–Crippen LogP) is 3.36. The molecule has 2 rings (SSSR count). The number of hydrogen-bond acceptors (Lipinski definition) is 3. The Morgan fingerprint density at radius 1 is 1.19 bits per heavy atom. The van der Waals surface area contributed by atoms with Gasteiger partial charge in [0.1, 0.15) is 18.5 Å². The van der Waals surface area contributed by atoms with Crippen molar-refractivity contribution in [2.45, 2.75) is 64.5 Å². The first-order valence-corrected chi connectivity index (χ1v) is 8.26. The molecule has 1 unspecified atom stereocenters.